The highest BCUT2D eigenvalue weighted by Crippen LogP contribution is 2.06. The summed E-state index contributed by atoms with van der Waals surface area (Å²) in [7, 11) is 0. The molecule has 2 amide bonds. The minimum absolute atomic E-state index is 0.679. The Bertz CT molecular complexity index is 239. The molecule has 13 heavy (non-hydrogen) atoms. The topological polar surface area (TPSA) is 72.5 Å². The van der Waals surface area contributed by atoms with Crippen LogP contribution in [0.5, 0.6) is 0 Å². The average Bonchev–Trinajstić information content (AvgIpc) is 1.81. The first-order valence-electron chi connectivity index (χ1n) is 3.77. The van der Waals surface area contributed by atoms with E-state index in [1.165, 1.54) is 0 Å². The van der Waals surface area contributed by atoms with Crippen molar-refractivity contribution in [2.24, 2.45) is 0 Å². The third-order valence-corrected chi connectivity index (χ3v) is 0.934. The molecule has 1 N–H and O–H groups in total. The van der Waals surface area contributed by atoms with Gasteiger partial charge in [0.15, 0.2) is 0 Å². The van der Waals surface area contributed by atoms with Crippen molar-refractivity contribution in [3.63, 3.8) is 0 Å². The van der Waals surface area contributed by atoms with Crippen molar-refractivity contribution in [1.82, 2.24) is 5.32 Å². The Morgan fingerprint density at radius 2 is 1.62 bits per heavy atom. The third kappa shape index (κ3) is 5.84. The van der Waals surface area contributed by atoms with E-state index in [-0.39, 0.29) is 0 Å². The maximum absolute atomic E-state index is 10.9. The first-order valence-corrected chi connectivity index (χ1v) is 3.77. The van der Waals surface area contributed by atoms with Gasteiger partial charge in [-0.1, -0.05) is 0 Å². The van der Waals surface area contributed by atoms with Crippen LogP contribution in [0.2, 0.25) is 0 Å². The smallest absolute Gasteiger partial charge is 0.414 e. The lowest BCUT2D eigenvalue weighted by Crippen LogP contribution is -2.39. The predicted molar refractivity (Wildman–Crippen MR) is 45.1 cm³/mol. The van der Waals surface area contributed by atoms with Gasteiger partial charge in [-0.3, -0.25) is 14.9 Å². The van der Waals surface area contributed by atoms with Crippen LogP contribution < -0.4 is 5.32 Å². The molecule has 0 saturated heterocycles. The minimum atomic E-state index is -0.964. The standard InChI is InChI=1S/C8H13NO4/c1-5(10)6(11)9-7(12)13-8(2,3)4/h1-4H3,(H,9,11,12). The molecule has 0 aromatic carbocycles. The molecule has 0 aliphatic rings. The number of amides is 2. The summed E-state index contributed by atoms with van der Waals surface area (Å²) in [6.45, 7) is 6.04. The molecule has 5 nitrogen and oxygen atoms in total. The Balaban J connectivity index is 4.04. The van der Waals surface area contributed by atoms with Crippen LogP contribution >= 0.6 is 0 Å². The number of nitrogens with one attached hydrogen (secondary N) is 1. The van der Waals surface area contributed by atoms with E-state index in [2.05, 4.69) is 0 Å². The summed E-state index contributed by atoms with van der Waals surface area (Å²) in [5, 5.41) is 1.79. The van der Waals surface area contributed by atoms with E-state index < -0.39 is 23.4 Å². The van der Waals surface area contributed by atoms with Crippen LogP contribution in [0.4, 0.5) is 4.79 Å². The summed E-state index contributed by atoms with van der Waals surface area (Å²) in [6, 6.07) is 0. The molecule has 5 heteroatoms. The first kappa shape index (κ1) is 11.6. The number of hydrogen-bond donors (Lipinski definition) is 1. The number of imide groups is 1. The Hall–Kier alpha value is -1.39. The van der Waals surface area contributed by atoms with Crippen molar-refractivity contribution in [2.75, 3.05) is 0 Å². The zero-order chi connectivity index (χ0) is 10.6. The molecule has 0 aromatic heterocycles. The van der Waals surface area contributed by atoms with Gasteiger partial charge in [0.05, 0.1) is 0 Å². The van der Waals surface area contributed by atoms with Crippen molar-refractivity contribution < 1.29 is 19.1 Å². The van der Waals surface area contributed by atoms with E-state index in [4.69, 9.17) is 4.74 Å². The summed E-state index contributed by atoms with van der Waals surface area (Å²) >= 11 is 0. The normalized spacial score (nSPS) is 10.5. The Morgan fingerprint density at radius 1 is 1.15 bits per heavy atom. The highest BCUT2D eigenvalue weighted by molar-refractivity contribution is 6.37. The molecule has 74 valence electrons. The monoisotopic (exact) mass is 187 g/mol. The summed E-state index contributed by atoms with van der Waals surface area (Å²) in [5.41, 5.74) is -0.679. The summed E-state index contributed by atoms with van der Waals surface area (Å²) < 4.78 is 4.74. The number of ether oxygens (including phenoxy) is 1. The van der Waals surface area contributed by atoms with Gasteiger partial charge < -0.3 is 4.74 Å². The first-order chi connectivity index (χ1) is 5.72. The number of alkyl carbamates (subject to hydrolysis) is 1. The molecule has 0 heterocycles. The number of carbonyl (C=O) groups is 3. The Morgan fingerprint density at radius 3 is 1.92 bits per heavy atom. The fourth-order valence-corrected chi connectivity index (χ4v) is 0.484. The Kier molecular flexibility index (Phi) is 3.59. The van der Waals surface area contributed by atoms with E-state index in [1.54, 1.807) is 26.1 Å². The average molecular weight is 187 g/mol. The second-order valence-corrected chi connectivity index (χ2v) is 3.51. The maximum Gasteiger partial charge on any atom is 0.414 e. The molecule has 0 aromatic rings. The van der Waals surface area contributed by atoms with Gasteiger partial charge in [0, 0.05) is 6.92 Å². The predicted octanol–water partition coefficient (Wildman–Crippen LogP) is 0.627. The van der Waals surface area contributed by atoms with Crippen LogP contribution in [0.3, 0.4) is 0 Å². The fourth-order valence-electron chi connectivity index (χ4n) is 0.484. The highest BCUT2D eigenvalue weighted by atomic mass is 16.6. The second-order valence-electron chi connectivity index (χ2n) is 3.51. The molecule has 0 spiro atoms. The van der Waals surface area contributed by atoms with Gasteiger partial charge in [-0.2, -0.15) is 0 Å². The van der Waals surface area contributed by atoms with Gasteiger partial charge in [-0.05, 0) is 20.8 Å². The van der Waals surface area contributed by atoms with Crippen LogP contribution in [0.15, 0.2) is 0 Å². The summed E-state index contributed by atoms with van der Waals surface area (Å²) in [5.74, 6) is -1.69. The van der Waals surface area contributed by atoms with Gasteiger partial charge in [0.2, 0.25) is 5.78 Å². The number of carbonyl (C=O) groups excluding carboxylic acids is 3. The lowest BCUT2D eigenvalue weighted by molar-refractivity contribution is -0.136. The molecule has 0 saturated carbocycles. The van der Waals surface area contributed by atoms with Crippen molar-refractivity contribution >= 4 is 17.8 Å². The van der Waals surface area contributed by atoms with E-state index >= 15 is 0 Å². The number of ketones is 1. The summed E-state index contributed by atoms with van der Waals surface area (Å²) in [6.07, 6.45) is -0.910. The van der Waals surface area contributed by atoms with E-state index in [9.17, 15) is 14.4 Å². The van der Waals surface area contributed by atoms with Gasteiger partial charge in [0.1, 0.15) is 5.60 Å². The van der Waals surface area contributed by atoms with Crippen molar-refractivity contribution in [2.45, 2.75) is 33.3 Å². The van der Waals surface area contributed by atoms with E-state index in [0.29, 0.717) is 0 Å². The molecular weight excluding hydrogens is 174 g/mol. The number of hydrogen-bond acceptors (Lipinski definition) is 4. The molecule has 0 aliphatic carbocycles. The van der Waals surface area contributed by atoms with Gasteiger partial charge >= 0.3 is 6.09 Å². The minimum Gasteiger partial charge on any atom is -0.444 e. The fraction of sp³-hybridized carbons (Fsp3) is 0.625. The Labute approximate surface area is 76.4 Å². The van der Waals surface area contributed by atoms with Crippen LogP contribution in [0.25, 0.3) is 0 Å². The SMILES string of the molecule is CC(=O)C(=O)NC(=O)OC(C)(C)C. The van der Waals surface area contributed by atoms with Crippen molar-refractivity contribution in [1.29, 1.82) is 0 Å². The zero-order valence-corrected chi connectivity index (χ0v) is 8.13. The van der Waals surface area contributed by atoms with Crippen LogP contribution in [0.1, 0.15) is 27.7 Å². The molecular formula is C8H13NO4. The van der Waals surface area contributed by atoms with Crippen LogP contribution in [0, 0.1) is 0 Å². The second kappa shape index (κ2) is 4.02. The van der Waals surface area contributed by atoms with Gasteiger partial charge in [-0.25, -0.2) is 4.79 Å². The molecule has 0 bridgehead atoms. The van der Waals surface area contributed by atoms with Crippen LogP contribution in [-0.2, 0) is 14.3 Å². The molecule has 0 radical (unpaired) electrons. The molecule has 0 unspecified atom stereocenters. The van der Waals surface area contributed by atoms with Gasteiger partial charge in [0.25, 0.3) is 5.91 Å². The lowest BCUT2D eigenvalue weighted by atomic mass is 10.2. The van der Waals surface area contributed by atoms with E-state index in [0.717, 1.165) is 6.92 Å². The molecule has 0 rings (SSSR count). The highest BCUT2D eigenvalue weighted by Gasteiger charge is 2.19. The molecule has 0 fully saturated rings. The number of Topliss-reactive ketones (excluding diaryl/α,β-unsaturated/α-hetero) is 1. The molecule has 0 aliphatic heterocycles. The third-order valence-electron chi connectivity index (χ3n) is 0.934. The zero-order valence-electron chi connectivity index (χ0n) is 8.13. The van der Waals surface area contributed by atoms with Crippen molar-refractivity contribution in [3.8, 4) is 0 Å². The summed E-state index contributed by atoms with van der Waals surface area (Å²) in [4.78, 5) is 32.0. The number of rotatable bonds is 1. The van der Waals surface area contributed by atoms with Crippen molar-refractivity contribution in [3.05, 3.63) is 0 Å². The largest absolute Gasteiger partial charge is 0.444 e. The maximum atomic E-state index is 10.9. The molecule has 0 atom stereocenters. The van der Waals surface area contributed by atoms with Gasteiger partial charge in [-0.15, -0.1) is 0 Å². The van der Waals surface area contributed by atoms with E-state index in [1.807, 2.05) is 0 Å². The quantitative estimate of drug-likeness (QED) is 0.611. The lowest BCUT2D eigenvalue weighted by Gasteiger charge is -2.18. The van der Waals surface area contributed by atoms with Crippen LogP contribution in [-0.4, -0.2) is 23.4 Å².